The molecule has 2 N–H and O–H groups in total. The van der Waals surface area contributed by atoms with E-state index in [1.165, 1.54) is 6.20 Å². The van der Waals surface area contributed by atoms with Crippen molar-refractivity contribution < 1.29 is 9.90 Å². The van der Waals surface area contributed by atoms with E-state index in [9.17, 15) is 4.79 Å². The van der Waals surface area contributed by atoms with Crippen LogP contribution in [0.25, 0.3) is 0 Å². The number of hydrogen-bond donors (Lipinski definition) is 2. The van der Waals surface area contributed by atoms with Gasteiger partial charge in [0.15, 0.2) is 11.0 Å². The minimum atomic E-state index is -0.957. The smallest absolute Gasteiger partial charge is 0.347 e. The largest absolute Gasteiger partial charge is 0.477 e. The zero-order chi connectivity index (χ0) is 12.3. The number of rotatable bonds is 5. The summed E-state index contributed by atoms with van der Waals surface area (Å²) >= 11 is 1.11. The number of aromatic nitrogens is 4. The van der Waals surface area contributed by atoms with E-state index in [4.69, 9.17) is 5.11 Å². The molecule has 0 fully saturated rings. The van der Waals surface area contributed by atoms with Gasteiger partial charge < -0.3 is 10.4 Å². The highest BCUT2D eigenvalue weighted by Crippen LogP contribution is 2.17. The van der Waals surface area contributed by atoms with Gasteiger partial charge in [-0.3, -0.25) is 4.68 Å². The summed E-state index contributed by atoms with van der Waals surface area (Å²) in [6.45, 7) is 0.622. The summed E-state index contributed by atoms with van der Waals surface area (Å²) in [7, 11) is 1.81. The first kappa shape index (κ1) is 11.5. The molecule has 0 aliphatic rings. The monoisotopic (exact) mass is 253 g/mol. The number of carboxylic acids is 1. The number of nitrogens with zero attached hydrogens (tertiary/aromatic N) is 4. The summed E-state index contributed by atoms with van der Waals surface area (Å²) in [5, 5.41) is 16.5. The van der Waals surface area contributed by atoms with Crippen molar-refractivity contribution in [2.24, 2.45) is 7.05 Å². The third-order valence-electron chi connectivity index (χ3n) is 1.99. The molecule has 17 heavy (non-hydrogen) atoms. The summed E-state index contributed by atoms with van der Waals surface area (Å²) in [5.41, 5.74) is 0. The van der Waals surface area contributed by atoms with E-state index >= 15 is 0 Å². The van der Waals surface area contributed by atoms with E-state index in [-0.39, 0.29) is 4.88 Å². The number of nitrogens with one attached hydrogen (secondary N) is 1. The van der Waals surface area contributed by atoms with Crippen molar-refractivity contribution in [3.8, 4) is 0 Å². The Morgan fingerprint density at radius 2 is 2.41 bits per heavy atom. The van der Waals surface area contributed by atoms with Crippen molar-refractivity contribution in [1.29, 1.82) is 0 Å². The van der Waals surface area contributed by atoms with Crippen LogP contribution in [0.4, 0.5) is 5.13 Å². The standard InChI is InChI=1S/C9H11N5O2S/c1-14-5-12-7(13-14)2-3-10-9-11-4-6(17-9)8(15)16/h4-5H,2-3H2,1H3,(H,10,11)(H,15,16). The van der Waals surface area contributed by atoms with Gasteiger partial charge in [-0.05, 0) is 0 Å². The molecular formula is C9H11N5O2S. The molecule has 7 nitrogen and oxygen atoms in total. The van der Waals surface area contributed by atoms with Crippen LogP contribution in [0.1, 0.15) is 15.5 Å². The molecule has 0 radical (unpaired) electrons. The van der Waals surface area contributed by atoms with Crippen molar-refractivity contribution >= 4 is 22.4 Å². The summed E-state index contributed by atoms with van der Waals surface area (Å²) in [6.07, 6.45) is 3.65. The lowest BCUT2D eigenvalue weighted by atomic mass is 10.4. The highest BCUT2D eigenvalue weighted by molar-refractivity contribution is 7.17. The normalized spacial score (nSPS) is 10.4. The van der Waals surface area contributed by atoms with Crippen molar-refractivity contribution in [1.82, 2.24) is 19.7 Å². The maximum absolute atomic E-state index is 10.6. The number of carbonyl (C=O) groups is 1. The van der Waals surface area contributed by atoms with E-state index in [1.54, 1.807) is 11.0 Å². The number of hydrogen-bond acceptors (Lipinski definition) is 6. The Morgan fingerprint density at radius 1 is 1.59 bits per heavy atom. The molecule has 0 bridgehead atoms. The molecule has 0 amide bonds. The SMILES string of the molecule is Cn1cnc(CCNc2ncc(C(=O)O)s2)n1. The van der Waals surface area contributed by atoms with Crippen LogP contribution in [0.2, 0.25) is 0 Å². The van der Waals surface area contributed by atoms with Gasteiger partial charge in [0, 0.05) is 20.0 Å². The van der Waals surface area contributed by atoms with E-state index < -0.39 is 5.97 Å². The first-order valence-corrected chi connectivity index (χ1v) is 5.74. The second kappa shape index (κ2) is 4.91. The topological polar surface area (TPSA) is 92.9 Å². The van der Waals surface area contributed by atoms with Gasteiger partial charge in [-0.2, -0.15) is 5.10 Å². The third-order valence-corrected chi connectivity index (χ3v) is 2.93. The van der Waals surface area contributed by atoms with Crippen molar-refractivity contribution in [2.45, 2.75) is 6.42 Å². The van der Waals surface area contributed by atoms with Crippen molar-refractivity contribution in [3.05, 3.63) is 23.2 Å². The second-order valence-corrected chi connectivity index (χ2v) is 4.38. The van der Waals surface area contributed by atoms with Crippen LogP contribution in [0.15, 0.2) is 12.5 Å². The molecule has 2 aromatic heterocycles. The van der Waals surface area contributed by atoms with Crippen LogP contribution >= 0.6 is 11.3 Å². The lowest BCUT2D eigenvalue weighted by Crippen LogP contribution is -2.06. The quantitative estimate of drug-likeness (QED) is 0.811. The highest BCUT2D eigenvalue weighted by Gasteiger charge is 2.08. The van der Waals surface area contributed by atoms with Gasteiger partial charge in [0.25, 0.3) is 0 Å². The molecule has 0 aromatic carbocycles. The molecule has 0 saturated carbocycles. The first-order chi connectivity index (χ1) is 8.15. The number of thiazole rings is 1. The Labute approximate surface area is 101 Å². The molecule has 0 atom stereocenters. The van der Waals surface area contributed by atoms with Gasteiger partial charge in [-0.1, -0.05) is 11.3 Å². The predicted octanol–water partition coefficient (Wildman–Crippen LogP) is 0.624. The van der Waals surface area contributed by atoms with Crippen LogP contribution in [0.5, 0.6) is 0 Å². The molecule has 0 saturated heterocycles. The van der Waals surface area contributed by atoms with Gasteiger partial charge in [0.05, 0.1) is 6.20 Å². The molecule has 0 unspecified atom stereocenters. The average molecular weight is 253 g/mol. The fraction of sp³-hybridized carbons (Fsp3) is 0.333. The minimum absolute atomic E-state index is 0.225. The Hall–Kier alpha value is -1.96. The van der Waals surface area contributed by atoms with Gasteiger partial charge >= 0.3 is 5.97 Å². The molecule has 0 spiro atoms. The second-order valence-electron chi connectivity index (χ2n) is 3.35. The fourth-order valence-corrected chi connectivity index (χ4v) is 1.92. The zero-order valence-electron chi connectivity index (χ0n) is 9.12. The molecule has 90 valence electrons. The molecule has 8 heteroatoms. The fourth-order valence-electron chi connectivity index (χ4n) is 1.23. The summed E-state index contributed by atoms with van der Waals surface area (Å²) in [6, 6.07) is 0. The van der Waals surface area contributed by atoms with Crippen LogP contribution in [-0.2, 0) is 13.5 Å². The zero-order valence-corrected chi connectivity index (χ0v) is 9.94. The third kappa shape index (κ3) is 3.00. The minimum Gasteiger partial charge on any atom is -0.477 e. The Morgan fingerprint density at radius 3 is 3.00 bits per heavy atom. The van der Waals surface area contributed by atoms with Crippen LogP contribution in [0, 0.1) is 0 Å². The van der Waals surface area contributed by atoms with Gasteiger partial charge in [0.1, 0.15) is 11.2 Å². The lowest BCUT2D eigenvalue weighted by molar-refractivity contribution is 0.0702. The highest BCUT2D eigenvalue weighted by atomic mass is 32.1. The molecule has 2 heterocycles. The lowest BCUT2D eigenvalue weighted by Gasteiger charge is -1.98. The maximum Gasteiger partial charge on any atom is 0.347 e. The summed E-state index contributed by atoms with van der Waals surface area (Å²) in [4.78, 5) is 18.9. The summed E-state index contributed by atoms with van der Waals surface area (Å²) < 4.78 is 1.64. The van der Waals surface area contributed by atoms with Crippen LogP contribution in [0.3, 0.4) is 0 Å². The van der Waals surface area contributed by atoms with Crippen LogP contribution < -0.4 is 5.32 Å². The van der Waals surface area contributed by atoms with E-state index in [0.29, 0.717) is 18.1 Å². The molecular weight excluding hydrogens is 242 g/mol. The van der Waals surface area contributed by atoms with Gasteiger partial charge in [0.2, 0.25) is 0 Å². The van der Waals surface area contributed by atoms with Gasteiger partial charge in [-0.25, -0.2) is 14.8 Å². The van der Waals surface area contributed by atoms with E-state index in [2.05, 4.69) is 20.4 Å². The molecule has 0 aliphatic carbocycles. The number of carboxylic acid groups (broad SMARTS) is 1. The first-order valence-electron chi connectivity index (χ1n) is 4.92. The Balaban J connectivity index is 1.83. The van der Waals surface area contributed by atoms with Crippen molar-refractivity contribution in [2.75, 3.05) is 11.9 Å². The molecule has 2 aromatic rings. The number of anilines is 1. The van der Waals surface area contributed by atoms with E-state index in [1.807, 2.05) is 7.05 Å². The average Bonchev–Trinajstić information content (AvgIpc) is 2.88. The number of aromatic carboxylic acids is 1. The van der Waals surface area contributed by atoms with Gasteiger partial charge in [-0.15, -0.1) is 0 Å². The molecule has 2 rings (SSSR count). The number of aryl methyl sites for hydroxylation is 1. The predicted molar refractivity (Wildman–Crippen MR) is 62.3 cm³/mol. The molecule has 0 aliphatic heterocycles. The Kier molecular flexibility index (Phi) is 3.33. The van der Waals surface area contributed by atoms with Crippen molar-refractivity contribution in [3.63, 3.8) is 0 Å². The van der Waals surface area contributed by atoms with E-state index in [0.717, 1.165) is 17.2 Å². The maximum atomic E-state index is 10.6. The summed E-state index contributed by atoms with van der Waals surface area (Å²) in [5.74, 6) is -0.211. The Bertz CT molecular complexity index is 521. The van der Waals surface area contributed by atoms with Crippen LogP contribution in [-0.4, -0.2) is 37.4 Å².